The van der Waals surface area contributed by atoms with Gasteiger partial charge in [0.2, 0.25) is 0 Å². The molecule has 0 spiro atoms. The highest BCUT2D eigenvalue weighted by Crippen LogP contribution is 2.26. The lowest BCUT2D eigenvalue weighted by Crippen LogP contribution is -2.38. The SMILES string of the molecule is CC(CNCc1cc(F)c(F)c(F)c1)N(C)C1CC1. The van der Waals surface area contributed by atoms with E-state index in [4.69, 9.17) is 0 Å². The topological polar surface area (TPSA) is 15.3 Å². The van der Waals surface area contributed by atoms with Crippen molar-refractivity contribution in [1.82, 2.24) is 10.2 Å². The number of likely N-dealkylation sites (N-methyl/N-ethyl adjacent to an activating group) is 1. The van der Waals surface area contributed by atoms with Gasteiger partial charge in [0.05, 0.1) is 0 Å². The second-order valence-electron chi connectivity index (χ2n) is 5.25. The van der Waals surface area contributed by atoms with Crippen molar-refractivity contribution < 1.29 is 13.2 Å². The molecule has 0 aromatic heterocycles. The van der Waals surface area contributed by atoms with Gasteiger partial charge in [-0.15, -0.1) is 0 Å². The molecule has 0 bridgehead atoms. The average molecular weight is 272 g/mol. The Morgan fingerprint density at radius 2 is 1.84 bits per heavy atom. The molecular weight excluding hydrogens is 253 g/mol. The molecular formula is C14H19F3N2. The summed E-state index contributed by atoms with van der Waals surface area (Å²) in [4.78, 5) is 2.30. The summed E-state index contributed by atoms with van der Waals surface area (Å²) in [5.41, 5.74) is 0.415. The number of nitrogens with zero attached hydrogens (tertiary/aromatic N) is 1. The monoisotopic (exact) mass is 272 g/mol. The summed E-state index contributed by atoms with van der Waals surface area (Å²) in [6.07, 6.45) is 2.49. The Bertz CT molecular complexity index is 423. The van der Waals surface area contributed by atoms with Crippen molar-refractivity contribution in [2.45, 2.75) is 38.4 Å². The quantitative estimate of drug-likeness (QED) is 0.801. The van der Waals surface area contributed by atoms with Gasteiger partial charge in [-0.1, -0.05) is 0 Å². The Balaban J connectivity index is 1.82. The normalized spacial score (nSPS) is 16.9. The van der Waals surface area contributed by atoms with Crippen LogP contribution < -0.4 is 5.32 Å². The number of nitrogens with one attached hydrogen (secondary N) is 1. The first-order chi connectivity index (χ1) is 8.99. The van der Waals surface area contributed by atoms with Crippen molar-refractivity contribution in [1.29, 1.82) is 0 Å². The predicted molar refractivity (Wildman–Crippen MR) is 68.3 cm³/mol. The third-order valence-electron chi connectivity index (χ3n) is 3.63. The van der Waals surface area contributed by atoms with Crippen molar-refractivity contribution in [3.63, 3.8) is 0 Å². The molecule has 1 N–H and O–H groups in total. The van der Waals surface area contributed by atoms with E-state index in [2.05, 4.69) is 24.2 Å². The zero-order valence-corrected chi connectivity index (χ0v) is 11.2. The van der Waals surface area contributed by atoms with E-state index in [1.54, 1.807) is 0 Å². The third-order valence-corrected chi connectivity index (χ3v) is 3.63. The van der Waals surface area contributed by atoms with Gasteiger partial charge >= 0.3 is 0 Å². The number of hydrogen-bond acceptors (Lipinski definition) is 2. The fourth-order valence-corrected chi connectivity index (χ4v) is 2.12. The van der Waals surface area contributed by atoms with Crippen molar-refractivity contribution in [2.24, 2.45) is 0 Å². The van der Waals surface area contributed by atoms with Gasteiger partial charge in [-0.3, -0.25) is 4.90 Å². The van der Waals surface area contributed by atoms with Crippen LogP contribution in [0.4, 0.5) is 13.2 Å². The molecule has 0 aliphatic heterocycles. The van der Waals surface area contributed by atoms with Gasteiger partial charge in [-0.2, -0.15) is 0 Å². The second-order valence-corrected chi connectivity index (χ2v) is 5.25. The highest BCUT2D eigenvalue weighted by atomic mass is 19.2. The van der Waals surface area contributed by atoms with E-state index in [-0.39, 0.29) is 0 Å². The van der Waals surface area contributed by atoms with E-state index >= 15 is 0 Å². The number of benzene rings is 1. The van der Waals surface area contributed by atoms with Crippen LogP contribution in [0, 0.1) is 17.5 Å². The molecule has 5 heteroatoms. The minimum absolute atomic E-state index is 0.330. The summed E-state index contributed by atoms with van der Waals surface area (Å²) in [5.74, 6) is -3.69. The highest BCUT2D eigenvalue weighted by Gasteiger charge is 2.28. The number of rotatable bonds is 6. The minimum Gasteiger partial charge on any atom is -0.311 e. The molecule has 1 aliphatic carbocycles. The van der Waals surface area contributed by atoms with Gasteiger partial charge < -0.3 is 5.32 Å². The zero-order valence-electron chi connectivity index (χ0n) is 11.2. The molecule has 1 aromatic carbocycles. The van der Waals surface area contributed by atoms with Crippen LogP contribution in [0.2, 0.25) is 0 Å². The Labute approximate surface area is 111 Å². The Kier molecular flexibility index (Phi) is 4.47. The van der Waals surface area contributed by atoms with Crippen LogP contribution in [0.1, 0.15) is 25.3 Å². The summed E-state index contributed by atoms with van der Waals surface area (Å²) < 4.78 is 38.8. The lowest BCUT2D eigenvalue weighted by atomic mass is 10.2. The molecule has 0 amide bonds. The van der Waals surface area contributed by atoms with E-state index in [1.165, 1.54) is 12.8 Å². The summed E-state index contributed by atoms with van der Waals surface area (Å²) in [6.45, 7) is 3.17. The van der Waals surface area contributed by atoms with E-state index in [9.17, 15) is 13.2 Å². The van der Waals surface area contributed by atoms with Gasteiger partial charge in [0, 0.05) is 25.2 Å². The van der Waals surface area contributed by atoms with Crippen molar-refractivity contribution in [2.75, 3.05) is 13.6 Å². The molecule has 1 unspecified atom stereocenters. The van der Waals surface area contributed by atoms with Crippen molar-refractivity contribution in [3.8, 4) is 0 Å². The number of halogens is 3. The van der Waals surface area contributed by atoms with Crippen LogP contribution in [0.3, 0.4) is 0 Å². The van der Waals surface area contributed by atoms with Crippen LogP contribution in [0.5, 0.6) is 0 Å². The molecule has 0 heterocycles. The summed E-state index contributed by atoms with van der Waals surface area (Å²) in [7, 11) is 2.08. The highest BCUT2D eigenvalue weighted by molar-refractivity contribution is 5.19. The maximum absolute atomic E-state index is 13.0. The predicted octanol–water partition coefficient (Wildman–Crippen LogP) is 2.68. The first-order valence-corrected chi connectivity index (χ1v) is 6.55. The summed E-state index contributed by atoms with van der Waals surface area (Å²) >= 11 is 0. The molecule has 106 valence electrons. The van der Waals surface area contributed by atoms with Crippen LogP contribution in [0.15, 0.2) is 12.1 Å². The van der Waals surface area contributed by atoms with Gasteiger partial charge in [-0.25, -0.2) is 13.2 Å². The van der Waals surface area contributed by atoms with Gasteiger partial charge in [0.25, 0.3) is 0 Å². The third kappa shape index (κ3) is 3.70. The smallest absolute Gasteiger partial charge is 0.194 e. The van der Waals surface area contributed by atoms with E-state index in [1.807, 2.05) is 0 Å². The van der Waals surface area contributed by atoms with Crippen molar-refractivity contribution >= 4 is 0 Å². The zero-order chi connectivity index (χ0) is 14.0. The molecule has 0 radical (unpaired) electrons. The van der Waals surface area contributed by atoms with E-state index < -0.39 is 17.5 Å². The van der Waals surface area contributed by atoms with Crippen molar-refractivity contribution in [3.05, 3.63) is 35.1 Å². The lowest BCUT2D eigenvalue weighted by Gasteiger charge is -2.24. The fourth-order valence-electron chi connectivity index (χ4n) is 2.12. The maximum atomic E-state index is 13.0. The molecule has 0 saturated heterocycles. The van der Waals surface area contributed by atoms with Crippen LogP contribution >= 0.6 is 0 Å². The Hall–Kier alpha value is -1.07. The molecule has 1 aliphatic rings. The second kappa shape index (κ2) is 5.92. The van der Waals surface area contributed by atoms with Crippen LogP contribution in [0.25, 0.3) is 0 Å². The van der Waals surface area contributed by atoms with E-state index in [0.717, 1.165) is 18.7 Å². The number of hydrogen-bond donors (Lipinski definition) is 1. The maximum Gasteiger partial charge on any atom is 0.194 e. The Morgan fingerprint density at radius 3 is 2.37 bits per heavy atom. The standard InChI is InChI=1S/C14H19F3N2/c1-9(19(2)11-3-4-11)7-18-8-10-5-12(15)14(17)13(16)6-10/h5-6,9,11,18H,3-4,7-8H2,1-2H3. The van der Waals surface area contributed by atoms with E-state index in [0.29, 0.717) is 24.2 Å². The minimum atomic E-state index is -1.41. The lowest BCUT2D eigenvalue weighted by molar-refractivity contribution is 0.241. The Morgan fingerprint density at radius 1 is 1.26 bits per heavy atom. The van der Waals surface area contributed by atoms with Crippen LogP contribution in [-0.2, 0) is 6.54 Å². The molecule has 19 heavy (non-hydrogen) atoms. The summed E-state index contributed by atoms with van der Waals surface area (Å²) in [5, 5.41) is 3.14. The first kappa shape index (κ1) is 14.3. The molecule has 1 fully saturated rings. The largest absolute Gasteiger partial charge is 0.311 e. The molecule has 1 aromatic rings. The average Bonchev–Trinajstić information content (AvgIpc) is 3.19. The molecule has 1 saturated carbocycles. The fraction of sp³-hybridized carbons (Fsp3) is 0.571. The summed E-state index contributed by atoms with van der Waals surface area (Å²) in [6, 6.07) is 3.10. The van der Waals surface area contributed by atoms with Gasteiger partial charge in [-0.05, 0) is 44.5 Å². The van der Waals surface area contributed by atoms with Gasteiger partial charge in [0.1, 0.15) is 0 Å². The van der Waals surface area contributed by atoms with Gasteiger partial charge in [0.15, 0.2) is 17.5 Å². The molecule has 2 nitrogen and oxygen atoms in total. The molecule has 1 atom stereocenters. The van der Waals surface area contributed by atoms with Crippen LogP contribution in [-0.4, -0.2) is 30.6 Å². The first-order valence-electron chi connectivity index (χ1n) is 6.55. The molecule has 2 rings (SSSR count).